The van der Waals surface area contributed by atoms with Gasteiger partial charge in [-0.05, 0) is 43.2 Å². The first-order valence-corrected chi connectivity index (χ1v) is 10.2. The fourth-order valence-corrected chi connectivity index (χ4v) is 4.46. The Morgan fingerprint density at radius 3 is 2.79 bits per heavy atom. The molecule has 0 saturated carbocycles. The Morgan fingerprint density at radius 1 is 1.14 bits per heavy atom. The maximum atomic E-state index is 13.4. The summed E-state index contributed by atoms with van der Waals surface area (Å²) in [4.78, 5) is 17.5. The number of piperidine rings is 1. The van der Waals surface area contributed by atoms with Gasteiger partial charge in [-0.15, -0.1) is 0 Å². The number of nitrogens with zero attached hydrogens (tertiary/aromatic N) is 2. The molecular weight excluding hydrogens is 397 g/mol. The smallest absolute Gasteiger partial charge is 0.326 e. The molecule has 0 aliphatic carbocycles. The van der Waals surface area contributed by atoms with Crippen LogP contribution >= 0.6 is 11.6 Å². The molecule has 2 aliphatic heterocycles. The highest BCUT2D eigenvalue weighted by molar-refractivity contribution is 6.30. The normalized spacial score (nSPS) is 20.3. The van der Waals surface area contributed by atoms with Crippen LogP contribution in [0.25, 0.3) is 11.0 Å². The molecule has 0 spiro atoms. The molecule has 0 radical (unpaired) electrons. The SMILES string of the molecule is O=c1[nH]c2cc(F)ccc2n1C1CCN(CC2COc3ccc(Cl)cc3O2)CC1. The summed E-state index contributed by atoms with van der Waals surface area (Å²) in [6.45, 7) is 2.97. The quantitative estimate of drug-likeness (QED) is 0.707. The summed E-state index contributed by atoms with van der Waals surface area (Å²) < 4.78 is 27.1. The van der Waals surface area contributed by atoms with Gasteiger partial charge in [-0.25, -0.2) is 9.18 Å². The molecule has 0 amide bonds. The Balaban J connectivity index is 1.24. The van der Waals surface area contributed by atoms with Crippen LogP contribution in [0.5, 0.6) is 11.5 Å². The van der Waals surface area contributed by atoms with Gasteiger partial charge in [0.2, 0.25) is 0 Å². The van der Waals surface area contributed by atoms with E-state index in [0.29, 0.717) is 22.9 Å². The first kappa shape index (κ1) is 18.5. The number of nitrogens with one attached hydrogen (secondary N) is 1. The van der Waals surface area contributed by atoms with Crippen molar-refractivity contribution in [3.05, 3.63) is 57.7 Å². The molecule has 29 heavy (non-hydrogen) atoms. The van der Waals surface area contributed by atoms with Crippen molar-refractivity contribution >= 4 is 22.6 Å². The fraction of sp³-hybridized carbons (Fsp3) is 0.381. The molecule has 5 rings (SSSR count). The number of likely N-dealkylation sites (tertiary alicyclic amines) is 1. The van der Waals surface area contributed by atoms with Crippen LogP contribution in [0.1, 0.15) is 18.9 Å². The fourth-order valence-electron chi connectivity index (χ4n) is 4.29. The Kier molecular flexibility index (Phi) is 4.72. The summed E-state index contributed by atoms with van der Waals surface area (Å²) in [5.41, 5.74) is 1.12. The van der Waals surface area contributed by atoms with Gasteiger partial charge in [0.05, 0.1) is 11.0 Å². The minimum atomic E-state index is -0.349. The largest absolute Gasteiger partial charge is 0.486 e. The minimum absolute atomic E-state index is 0.0590. The molecule has 1 fully saturated rings. The number of imidazole rings is 1. The van der Waals surface area contributed by atoms with Crippen LogP contribution in [0, 0.1) is 5.82 Å². The minimum Gasteiger partial charge on any atom is -0.486 e. The van der Waals surface area contributed by atoms with E-state index in [2.05, 4.69) is 9.88 Å². The summed E-state index contributed by atoms with van der Waals surface area (Å²) in [5, 5.41) is 0.623. The highest BCUT2D eigenvalue weighted by atomic mass is 35.5. The number of benzene rings is 2. The summed E-state index contributed by atoms with van der Waals surface area (Å²) in [7, 11) is 0. The van der Waals surface area contributed by atoms with E-state index < -0.39 is 0 Å². The number of ether oxygens (including phenoxy) is 2. The zero-order valence-corrected chi connectivity index (χ0v) is 16.5. The molecule has 6 nitrogen and oxygen atoms in total. The second-order valence-electron chi connectivity index (χ2n) is 7.64. The van der Waals surface area contributed by atoms with E-state index in [-0.39, 0.29) is 23.7 Å². The van der Waals surface area contributed by atoms with E-state index in [1.807, 2.05) is 6.07 Å². The predicted molar refractivity (Wildman–Crippen MR) is 109 cm³/mol. The number of fused-ring (bicyclic) bond motifs is 2. The lowest BCUT2D eigenvalue weighted by molar-refractivity contribution is 0.0485. The van der Waals surface area contributed by atoms with Crippen molar-refractivity contribution in [1.82, 2.24) is 14.5 Å². The van der Waals surface area contributed by atoms with Gasteiger partial charge in [-0.3, -0.25) is 9.47 Å². The number of aromatic nitrogens is 2. The van der Waals surface area contributed by atoms with E-state index in [4.69, 9.17) is 21.1 Å². The average Bonchev–Trinajstić information content (AvgIpc) is 3.03. The number of H-pyrrole nitrogens is 1. The molecule has 1 atom stereocenters. The van der Waals surface area contributed by atoms with Crippen molar-refractivity contribution in [3.8, 4) is 11.5 Å². The predicted octanol–water partition coefficient (Wildman–Crippen LogP) is 3.60. The van der Waals surface area contributed by atoms with Gasteiger partial charge in [0.15, 0.2) is 11.5 Å². The topological polar surface area (TPSA) is 59.5 Å². The summed E-state index contributed by atoms with van der Waals surface area (Å²) >= 11 is 6.05. The summed E-state index contributed by atoms with van der Waals surface area (Å²) in [6, 6.07) is 9.92. The molecule has 0 bridgehead atoms. The maximum Gasteiger partial charge on any atom is 0.326 e. The van der Waals surface area contributed by atoms with Crippen molar-refractivity contribution in [2.24, 2.45) is 0 Å². The van der Waals surface area contributed by atoms with Crippen molar-refractivity contribution in [1.29, 1.82) is 0 Å². The van der Waals surface area contributed by atoms with Crippen LogP contribution in [0.3, 0.4) is 0 Å². The molecule has 8 heteroatoms. The number of aromatic amines is 1. The Bertz CT molecular complexity index is 1100. The van der Waals surface area contributed by atoms with Crippen LogP contribution in [0.4, 0.5) is 4.39 Å². The highest BCUT2D eigenvalue weighted by Gasteiger charge is 2.28. The van der Waals surface area contributed by atoms with Crippen molar-refractivity contribution in [2.45, 2.75) is 25.0 Å². The van der Waals surface area contributed by atoms with Gasteiger partial charge in [0.25, 0.3) is 0 Å². The third kappa shape index (κ3) is 3.60. The number of hydrogen-bond acceptors (Lipinski definition) is 4. The molecule has 1 saturated heterocycles. The number of halogens is 2. The lowest BCUT2D eigenvalue weighted by Gasteiger charge is -2.36. The zero-order valence-electron chi connectivity index (χ0n) is 15.7. The summed E-state index contributed by atoms with van der Waals surface area (Å²) in [5.74, 6) is 1.05. The van der Waals surface area contributed by atoms with Gasteiger partial charge in [-0.2, -0.15) is 0 Å². The van der Waals surface area contributed by atoms with Gasteiger partial charge in [0.1, 0.15) is 18.5 Å². The average molecular weight is 418 g/mol. The van der Waals surface area contributed by atoms with Crippen LogP contribution in [-0.2, 0) is 0 Å². The van der Waals surface area contributed by atoms with E-state index in [1.165, 1.54) is 12.1 Å². The van der Waals surface area contributed by atoms with Crippen LogP contribution in [0.2, 0.25) is 5.02 Å². The number of rotatable bonds is 3. The molecule has 2 aliphatic rings. The van der Waals surface area contributed by atoms with Gasteiger partial charge < -0.3 is 14.5 Å². The Labute approximate surface area is 171 Å². The van der Waals surface area contributed by atoms with E-state index in [0.717, 1.165) is 43.7 Å². The Morgan fingerprint density at radius 2 is 1.97 bits per heavy atom. The molecule has 1 aromatic heterocycles. The molecule has 3 heterocycles. The summed E-state index contributed by atoms with van der Waals surface area (Å²) in [6.07, 6.45) is 1.64. The standard InChI is InChI=1S/C21H21ClFN3O3/c22-13-1-4-19-20(9-13)29-16(12-28-19)11-25-7-5-15(6-8-25)26-18-3-2-14(23)10-17(18)24-21(26)27/h1-4,9-10,15-16H,5-8,11-12H2,(H,24,27). The third-order valence-corrected chi connectivity index (χ3v) is 5.92. The monoisotopic (exact) mass is 417 g/mol. The zero-order chi connectivity index (χ0) is 20.0. The van der Waals surface area contributed by atoms with Gasteiger partial charge >= 0.3 is 5.69 Å². The molecule has 3 aromatic rings. The first-order valence-electron chi connectivity index (χ1n) is 9.78. The van der Waals surface area contributed by atoms with Crippen molar-refractivity contribution < 1.29 is 13.9 Å². The lowest BCUT2D eigenvalue weighted by atomic mass is 10.0. The van der Waals surface area contributed by atoms with Crippen molar-refractivity contribution in [3.63, 3.8) is 0 Å². The second kappa shape index (κ2) is 7.39. The van der Waals surface area contributed by atoms with Crippen LogP contribution in [-0.4, -0.2) is 46.8 Å². The molecule has 2 aromatic carbocycles. The van der Waals surface area contributed by atoms with E-state index >= 15 is 0 Å². The second-order valence-corrected chi connectivity index (χ2v) is 8.07. The van der Waals surface area contributed by atoms with Crippen LogP contribution in [0.15, 0.2) is 41.2 Å². The van der Waals surface area contributed by atoms with E-state index in [1.54, 1.807) is 22.8 Å². The molecule has 152 valence electrons. The Hall–Kier alpha value is -2.51. The highest BCUT2D eigenvalue weighted by Crippen LogP contribution is 2.34. The number of hydrogen-bond donors (Lipinski definition) is 1. The third-order valence-electron chi connectivity index (χ3n) is 5.69. The molecule has 1 unspecified atom stereocenters. The van der Waals surface area contributed by atoms with E-state index in [9.17, 15) is 9.18 Å². The van der Waals surface area contributed by atoms with Gasteiger partial charge in [0, 0.05) is 36.8 Å². The molecule has 1 N–H and O–H groups in total. The van der Waals surface area contributed by atoms with Crippen molar-refractivity contribution in [2.75, 3.05) is 26.2 Å². The first-order chi connectivity index (χ1) is 14.1. The molecular formula is C21H21ClFN3O3. The maximum absolute atomic E-state index is 13.4. The van der Waals surface area contributed by atoms with Crippen LogP contribution < -0.4 is 15.2 Å². The van der Waals surface area contributed by atoms with Gasteiger partial charge in [-0.1, -0.05) is 11.6 Å². The lowest BCUT2D eigenvalue weighted by Crippen LogP contribution is -2.45.